The van der Waals surface area contributed by atoms with Crippen LogP contribution < -0.4 is 14.4 Å². The maximum Gasteiger partial charge on any atom is 0.270 e. The Kier molecular flexibility index (Phi) is 5.06. The van der Waals surface area contributed by atoms with E-state index in [1.807, 2.05) is 0 Å². The number of nitrogens with zero attached hydrogens (tertiary/aromatic N) is 1. The molecule has 1 saturated heterocycles. The van der Waals surface area contributed by atoms with E-state index in [1.54, 1.807) is 50.6 Å². The molecule has 1 fully saturated rings. The zero-order valence-electron chi connectivity index (χ0n) is 13.5. The number of thioether (sulfide) groups is 1. The van der Waals surface area contributed by atoms with Crippen molar-refractivity contribution in [1.82, 2.24) is 0 Å². The third kappa shape index (κ3) is 3.38. The molecule has 7 heteroatoms. The molecule has 1 amide bonds. The number of carbonyl (C=O) groups excluding carboxylic acids is 1. The predicted octanol–water partition coefficient (Wildman–Crippen LogP) is 4.25. The zero-order chi connectivity index (χ0) is 18.0. The molecule has 0 radical (unpaired) electrons. The summed E-state index contributed by atoms with van der Waals surface area (Å²) in [5, 5.41) is 0. The van der Waals surface area contributed by atoms with Gasteiger partial charge in [0, 0.05) is 5.56 Å². The van der Waals surface area contributed by atoms with Crippen LogP contribution in [0.3, 0.4) is 0 Å². The summed E-state index contributed by atoms with van der Waals surface area (Å²) in [5.74, 6) is 0.359. The molecule has 4 nitrogen and oxygen atoms in total. The van der Waals surface area contributed by atoms with Crippen molar-refractivity contribution < 1.29 is 18.7 Å². The van der Waals surface area contributed by atoms with Crippen LogP contribution in [0.5, 0.6) is 11.5 Å². The van der Waals surface area contributed by atoms with Crippen molar-refractivity contribution in [3.63, 3.8) is 0 Å². The average molecular weight is 375 g/mol. The summed E-state index contributed by atoms with van der Waals surface area (Å²) < 4.78 is 24.9. The molecule has 3 rings (SSSR count). The van der Waals surface area contributed by atoms with Crippen molar-refractivity contribution in [2.45, 2.75) is 0 Å². The maximum atomic E-state index is 14.0. The Labute approximate surface area is 154 Å². The van der Waals surface area contributed by atoms with E-state index in [0.717, 1.165) is 11.8 Å². The lowest BCUT2D eigenvalue weighted by atomic mass is 10.1. The van der Waals surface area contributed by atoms with Crippen LogP contribution in [-0.2, 0) is 4.79 Å². The molecule has 25 heavy (non-hydrogen) atoms. The summed E-state index contributed by atoms with van der Waals surface area (Å²) in [5.41, 5.74) is 0.821. The SMILES string of the molecule is COc1ccc(OC)c(C=C2SC(=S)N(c3ccccc3F)C2=O)c1. The molecular formula is C18H14FNO3S2. The Bertz CT molecular complexity index is 882. The normalized spacial score (nSPS) is 15.8. The number of hydrogen-bond donors (Lipinski definition) is 0. The number of ether oxygens (including phenoxy) is 2. The molecule has 1 aliphatic heterocycles. The molecule has 2 aromatic carbocycles. The summed E-state index contributed by atoms with van der Waals surface area (Å²) in [6.45, 7) is 0. The van der Waals surface area contributed by atoms with Crippen molar-refractivity contribution in [2.24, 2.45) is 0 Å². The van der Waals surface area contributed by atoms with E-state index < -0.39 is 5.82 Å². The number of anilines is 1. The minimum atomic E-state index is -0.501. The highest BCUT2D eigenvalue weighted by Gasteiger charge is 2.34. The standard InChI is InChI=1S/C18H14FNO3S2/c1-22-12-7-8-15(23-2)11(9-12)10-16-17(21)20(18(24)25-16)14-6-4-3-5-13(14)19/h3-10H,1-2H3. The number of benzene rings is 2. The molecule has 0 aromatic heterocycles. The molecule has 0 unspecified atom stereocenters. The average Bonchev–Trinajstić information content (AvgIpc) is 2.89. The highest BCUT2D eigenvalue weighted by atomic mass is 32.2. The first-order valence-corrected chi connectivity index (χ1v) is 8.52. The van der Waals surface area contributed by atoms with Crippen LogP contribution in [0.2, 0.25) is 0 Å². The van der Waals surface area contributed by atoms with Crippen LogP contribution >= 0.6 is 24.0 Å². The quantitative estimate of drug-likeness (QED) is 0.590. The summed E-state index contributed by atoms with van der Waals surface area (Å²) >= 11 is 6.39. The van der Waals surface area contributed by atoms with E-state index in [2.05, 4.69) is 0 Å². The monoisotopic (exact) mass is 375 g/mol. The van der Waals surface area contributed by atoms with Gasteiger partial charge in [0.1, 0.15) is 17.3 Å². The maximum absolute atomic E-state index is 14.0. The summed E-state index contributed by atoms with van der Waals surface area (Å²) in [7, 11) is 3.10. The number of methoxy groups -OCH3 is 2. The first-order chi connectivity index (χ1) is 12.0. The number of halogens is 1. The van der Waals surface area contributed by atoms with E-state index in [0.29, 0.717) is 22.0 Å². The largest absolute Gasteiger partial charge is 0.497 e. The van der Waals surface area contributed by atoms with E-state index in [1.165, 1.54) is 17.0 Å². The number of hydrogen-bond acceptors (Lipinski definition) is 5. The van der Waals surface area contributed by atoms with Gasteiger partial charge in [0.05, 0.1) is 24.8 Å². The smallest absolute Gasteiger partial charge is 0.270 e. The number of carbonyl (C=O) groups is 1. The summed E-state index contributed by atoms with van der Waals surface area (Å²) in [6.07, 6.45) is 1.67. The van der Waals surface area contributed by atoms with Gasteiger partial charge in [-0.25, -0.2) is 4.39 Å². The molecule has 0 saturated carbocycles. The molecule has 0 N–H and O–H groups in total. The van der Waals surface area contributed by atoms with Gasteiger partial charge in [0.25, 0.3) is 5.91 Å². The van der Waals surface area contributed by atoms with Gasteiger partial charge < -0.3 is 9.47 Å². The lowest BCUT2D eigenvalue weighted by Crippen LogP contribution is -2.28. The molecular weight excluding hydrogens is 361 g/mol. The number of amides is 1. The van der Waals surface area contributed by atoms with E-state index >= 15 is 0 Å². The van der Waals surface area contributed by atoms with Crippen molar-refractivity contribution in [3.05, 3.63) is 58.8 Å². The third-order valence-corrected chi connectivity index (χ3v) is 4.91. The van der Waals surface area contributed by atoms with Crippen molar-refractivity contribution in [2.75, 3.05) is 19.1 Å². The van der Waals surface area contributed by atoms with Gasteiger partial charge >= 0.3 is 0 Å². The third-order valence-electron chi connectivity index (χ3n) is 3.61. The predicted molar refractivity (Wildman–Crippen MR) is 102 cm³/mol. The molecule has 1 heterocycles. The Morgan fingerprint density at radius 2 is 1.92 bits per heavy atom. The molecule has 0 bridgehead atoms. The van der Waals surface area contributed by atoms with Crippen LogP contribution in [0, 0.1) is 5.82 Å². The van der Waals surface area contributed by atoms with Gasteiger partial charge in [-0.2, -0.15) is 0 Å². The second-order valence-electron chi connectivity index (χ2n) is 5.08. The fraction of sp³-hybridized carbons (Fsp3) is 0.111. The fourth-order valence-electron chi connectivity index (χ4n) is 2.40. The molecule has 0 spiro atoms. The van der Waals surface area contributed by atoms with Crippen LogP contribution in [0.4, 0.5) is 10.1 Å². The van der Waals surface area contributed by atoms with Gasteiger partial charge in [-0.15, -0.1) is 0 Å². The highest BCUT2D eigenvalue weighted by Crippen LogP contribution is 2.38. The topological polar surface area (TPSA) is 38.8 Å². The van der Waals surface area contributed by atoms with E-state index in [9.17, 15) is 9.18 Å². The molecule has 0 aliphatic carbocycles. The first-order valence-electron chi connectivity index (χ1n) is 7.29. The molecule has 2 aromatic rings. The zero-order valence-corrected chi connectivity index (χ0v) is 15.1. The van der Waals surface area contributed by atoms with E-state index in [4.69, 9.17) is 21.7 Å². The number of para-hydroxylation sites is 1. The lowest BCUT2D eigenvalue weighted by Gasteiger charge is -2.15. The summed E-state index contributed by atoms with van der Waals surface area (Å²) in [6, 6.07) is 11.3. The Balaban J connectivity index is 2.00. The second-order valence-corrected chi connectivity index (χ2v) is 6.75. The van der Waals surface area contributed by atoms with Gasteiger partial charge in [0.15, 0.2) is 4.32 Å². The molecule has 128 valence electrons. The minimum absolute atomic E-state index is 0.144. The lowest BCUT2D eigenvalue weighted by molar-refractivity contribution is -0.113. The fourth-order valence-corrected chi connectivity index (χ4v) is 3.68. The Hall–Kier alpha value is -2.38. The number of rotatable bonds is 4. The van der Waals surface area contributed by atoms with Crippen molar-refractivity contribution >= 4 is 46.0 Å². The van der Waals surface area contributed by atoms with Crippen molar-refractivity contribution in [1.29, 1.82) is 0 Å². The van der Waals surface area contributed by atoms with Crippen LogP contribution in [0.15, 0.2) is 47.4 Å². The number of thiocarbonyl (C=S) groups is 1. The molecule has 0 atom stereocenters. The van der Waals surface area contributed by atoms with Crippen LogP contribution in [-0.4, -0.2) is 24.4 Å². The summed E-state index contributed by atoms with van der Waals surface area (Å²) in [4.78, 5) is 14.3. The van der Waals surface area contributed by atoms with E-state index in [-0.39, 0.29) is 15.9 Å². The van der Waals surface area contributed by atoms with Crippen LogP contribution in [0.1, 0.15) is 5.56 Å². The first kappa shape index (κ1) is 17.4. The van der Waals surface area contributed by atoms with Gasteiger partial charge in [-0.1, -0.05) is 36.1 Å². The Morgan fingerprint density at radius 1 is 1.16 bits per heavy atom. The van der Waals surface area contributed by atoms with Gasteiger partial charge in [-0.3, -0.25) is 9.69 Å². The van der Waals surface area contributed by atoms with Crippen molar-refractivity contribution in [3.8, 4) is 11.5 Å². The van der Waals surface area contributed by atoms with Gasteiger partial charge in [-0.05, 0) is 36.4 Å². The minimum Gasteiger partial charge on any atom is -0.497 e. The second kappa shape index (κ2) is 7.25. The molecule has 1 aliphatic rings. The Morgan fingerprint density at radius 3 is 2.60 bits per heavy atom. The highest BCUT2D eigenvalue weighted by molar-refractivity contribution is 8.27. The van der Waals surface area contributed by atoms with Crippen LogP contribution in [0.25, 0.3) is 6.08 Å². The van der Waals surface area contributed by atoms with Gasteiger partial charge in [0.2, 0.25) is 0 Å².